The molecular weight excluding hydrogens is 385 g/mol. The lowest BCUT2D eigenvalue weighted by atomic mass is 10.1. The van der Waals surface area contributed by atoms with Crippen molar-refractivity contribution in [2.75, 3.05) is 10.6 Å². The second kappa shape index (κ2) is 6.76. The summed E-state index contributed by atoms with van der Waals surface area (Å²) in [6, 6.07) is 7.30. The van der Waals surface area contributed by atoms with Crippen molar-refractivity contribution < 1.29 is 8.42 Å². The van der Waals surface area contributed by atoms with Gasteiger partial charge in [0, 0.05) is 3.57 Å². The summed E-state index contributed by atoms with van der Waals surface area (Å²) in [6.45, 7) is 0. The van der Waals surface area contributed by atoms with Gasteiger partial charge in [-0.3, -0.25) is 4.31 Å². The van der Waals surface area contributed by atoms with E-state index in [1.165, 1.54) is 10.6 Å². The van der Waals surface area contributed by atoms with Gasteiger partial charge in [0.2, 0.25) is 10.0 Å². The number of benzene rings is 1. The van der Waals surface area contributed by atoms with Crippen molar-refractivity contribution >= 4 is 38.3 Å². The second-order valence-electron chi connectivity index (χ2n) is 4.79. The van der Waals surface area contributed by atoms with Crippen molar-refractivity contribution in [1.29, 1.82) is 0 Å². The number of rotatable bonds is 3. The molecule has 0 saturated carbocycles. The third kappa shape index (κ3) is 3.85. The highest BCUT2D eigenvalue weighted by molar-refractivity contribution is 14.1. The van der Waals surface area contributed by atoms with Gasteiger partial charge < -0.3 is 0 Å². The van der Waals surface area contributed by atoms with Crippen LogP contribution in [0.3, 0.4) is 0 Å². The van der Waals surface area contributed by atoms with Crippen LogP contribution in [0.1, 0.15) is 19.3 Å². The lowest BCUT2D eigenvalue weighted by molar-refractivity contribution is 0.595. The average molecular weight is 403 g/mol. The molecule has 0 spiro atoms. The van der Waals surface area contributed by atoms with Crippen LogP contribution < -0.4 is 4.31 Å². The molecule has 1 aromatic rings. The number of hydrogen-bond donors (Lipinski definition) is 0. The predicted molar refractivity (Wildman–Crippen MR) is 92.4 cm³/mol. The van der Waals surface area contributed by atoms with Crippen LogP contribution in [-0.2, 0) is 10.0 Å². The van der Waals surface area contributed by atoms with Crippen LogP contribution in [0.4, 0.5) is 5.69 Å². The Balaban J connectivity index is 2.48. The summed E-state index contributed by atoms with van der Waals surface area (Å²) in [5.41, 5.74) is 0.732. The predicted octanol–water partition coefficient (Wildman–Crippen LogP) is 3.72. The maximum Gasteiger partial charge on any atom is 0.233 e. The molecule has 0 atom stereocenters. The summed E-state index contributed by atoms with van der Waals surface area (Å²) in [6.07, 6.45) is 12.4. The maximum absolute atomic E-state index is 12.2. The molecule has 0 saturated heterocycles. The SMILES string of the molecule is CS(=O)(=O)N(c1ccccc1I)C1/C=C\CCC/C=C\1. The molecule has 0 unspecified atom stereocenters. The van der Waals surface area contributed by atoms with Gasteiger partial charge in [-0.05, 0) is 54.0 Å². The zero-order chi connectivity index (χ0) is 14.6. The molecule has 0 aliphatic heterocycles. The number of nitrogens with zero attached hydrogens (tertiary/aromatic N) is 1. The van der Waals surface area contributed by atoms with E-state index in [1.807, 2.05) is 36.4 Å². The minimum absolute atomic E-state index is 0.249. The second-order valence-corrected chi connectivity index (χ2v) is 7.81. The van der Waals surface area contributed by atoms with Gasteiger partial charge in [-0.15, -0.1) is 0 Å². The normalized spacial score (nSPS) is 19.9. The number of allylic oxidation sites excluding steroid dienone is 2. The molecular formula is C15H18INO2S. The molecule has 20 heavy (non-hydrogen) atoms. The first kappa shape index (κ1) is 15.6. The lowest BCUT2D eigenvalue weighted by Crippen LogP contribution is -2.38. The van der Waals surface area contributed by atoms with Gasteiger partial charge in [-0.25, -0.2) is 8.42 Å². The molecule has 1 aliphatic rings. The number of anilines is 1. The fourth-order valence-corrected chi connectivity index (χ4v) is 4.15. The first-order chi connectivity index (χ1) is 9.50. The van der Waals surface area contributed by atoms with E-state index in [2.05, 4.69) is 34.7 Å². The van der Waals surface area contributed by atoms with Gasteiger partial charge in [-0.1, -0.05) is 36.4 Å². The fourth-order valence-electron chi connectivity index (χ4n) is 2.24. The minimum Gasteiger partial charge on any atom is -0.259 e. The van der Waals surface area contributed by atoms with Crippen LogP contribution in [-0.4, -0.2) is 20.7 Å². The van der Waals surface area contributed by atoms with Crippen molar-refractivity contribution in [1.82, 2.24) is 0 Å². The van der Waals surface area contributed by atoms with Crippen LogP contribution in [0.15, 0.2) is 48.6 Å². The van der Waals surface area contributed by atoms with Crippen molar-refractivity contribution in [3.63, 3.8) is 0 Å². The number of halogens is 1. The first-order valence-electron chi connectivity index (χ1n) is 6.57. The van der Waals surface area contributed by atoms with E-state index in [-0.39, 0.29) is 6.04 Å². The molecule has 3 nitrogen and oxygen atoms in total. The fraction of sp³-hybridized carbons (Fsp3) is 0.333. The van der Waals surface area contributed by atoms with Gasteiger partial charge >= 0.3 is 0 Å². The summed E-state index contributed by atoms with van der Waals surface area (Å²) in [7, 11) is -3.34. The molecule has 5 heteroatoms. The zero-order valence-corrected chi connectivity index (χ0v) is 14.3. The van der Waals surface area contributed by atoms with Crippen LogP contribution in [0.2, 0.25) is 0 Å². The van der Waals surface area contributed by atoms with Gasteiger partial charge in [0.25, 0.3) is 0 Å². The molecule has 0 heterocycles. The molecule has 0 bridgehead atoms. The van der Waals surface area contributed by atoms with Gasteiger partial charge in [-0.2, -0.15) is 0 Å². The standard InChI is InChI=1S/C15H18INO2S/c1-20(18,19)17(15-12-8-7-11-14(15)16)13-9-5-3-2-4-6-10-13/h5-13H,2-4H2,1H3/b9-5-,10-6-. The zero-order valence-electron chi connectivity index (χ0n) is 11.4. The summed E-state index contributed by atoms with van der Waals surface area (Å²) in [5, 5.41) is 0. The lowest BCUT2D eigenvalue weighted by Gasteiger charge is -2.29. The summed E-state index contributed by atoms with van der Waals surface area (Å²) in [4.78, 5) is 0. The Morgan fingerprint density at radius 2 is 1.75 bits per heavy atom. The van der Waals surface area contributed by atoms with Gasteiger partial charge in [0.1, 0.15) is 0 Å². The van der Waals surface area contributed by atoms with Crippen molar-refractivity contribution in [2.24, 2.45) is 0 Å². The Hall–Kier alpha value is -0.820. The summed E-state index contributed by atoms with van der Waals surface area (Å²) < 4.78 is 26.9. The molecule has 0 N–H and O–H groups in total. The Morgan fingerprint density at radius 1 is 1.15 bits per heavy atom. The summed E-state index contributed by atoms with van der Waals surface area (Å²) in [5.74, 6) is 0. The van der Waals surface area contributed by atoms with E-state index in [9.17, 15) is 8.42 Å². The molecule has 0 fully saturated rings. The number of hydrogen-bond acceptors (Lipinski definition) is 2. The van der Waals surface area contributed by atoms with E-state index < -0.39 is 10.0 Å². The van der Waals surface area contributed by atoms with Crippen molar-refractivity contribution in [3.8, 4) is 0 Å². The summed E-state index contributed by atoms with van der Waals surface area (Å²) >= 11 is 2.17. The minimum atomic E-state index is -3.34. The monoisotopic (exact) mass is 403 g/mol. The van der Waals surface area contributed by atoms with Gasteiger partial charge in [0.15, 0.2) is 0 Å². The Kier molecular flexibility index (Phi) is 5.26. The molecule has 1 aliphatic carbocycles. The highest BCUT2D eigenvalue weighted by atomic mass is 127. The molecule has 0 amide bonds. The Morgan fingerprint density at radius 3 is 2.30 bits per heavy atom. The third-order valence-corrected chi connectivity index (χ3v) is 5.19. The van der Waals surface area contributed by atoms with E-state index in [0.717, 1.165) is 28.5 Å². The Bertz CT molecular complexity index is 609. The average Bonchev–Trinajstić information content (AvgIpc) is 2.32. The molecule has 2 rings (SSSR count). The Labute approximate surface area is 134 Å². The van der Waals surface area contributed by atoms with E-state index in [4.69, 9.17) is 0 Å². The third-order valence-electron chi connectivity index (χ3n) is 3.13. The smallest absolute Gasteiger partial charge is 0.233 e. The topological polar surface area (TPSA) is 37.4 Å². The first-order valence-corrected chi connectivity index (χ1v) is 9.50. The number of sulfonamides is 1. The quantitative estimate of drug-likeness (QED) is 0.570. The number of para-hydroxylation sites is 1. The molecule has 0 aromatic heterocycles. The highest BCUT2D eigenvalue weighted by Gasteiger charge is 2.25. The van der Waals surface area contributed by atoms with E-state index in [0.29, 0.717) is 0 Å². The molecule has 1 aromatic carbocycles. The largest absolute Gasteiger partial charge is 0.259 e. The molecule has 108 valence electrons. The van der Waals surface area contributed by atoms with Crippen LogP contribution in [0, 0.1) is 3.57 Å². The van der Waals surface area contributed by atoms with Crippen molar-refractivity contribution in [3.05, 3.63) is 52.1 Å². The van der Waals surface area contributed by atoms with Crippen molar-refractivity contribution in [2.45, 2.75) is 25.3 Å². The molecule has 0 radical (unpaired) electrons. The van der Waals surface area contributed by atoms with Crippen LogP contribution in [0.5, 0.6) is 0 Å². The van der Waals surface area contributed by atoms with Crippen LogP contribution in [0.25, 0.3) is 0 Å². The van der Waals surface area contributed by atoms with E-state index in [1.54, 1.807) is 0 Å². The highest BCUT2D eigenvalue weighted by Crippen LogP contribution is 2.28. The van der Waals surface area contributed by atoms with E-state index >= 15 is 0 Å². The maximum atomic E-state index is 12.2. The van der Waals surface area contributed by atoms with Crippen LogP contribution >= 0.6 is 22.6 Å². The van der Waals surface area contributed by atoms with Gasteiger partial charge in [0.05, 0.1) is 18.0 Å².